The van der Waals surface area contributed by atoms with Crippen LogP contribution in [0.1, 0.15) is 30.3 Å². The van der Waals surface area contributed by atoms with Crippen LogP contribution in [0.25, 0.3) is 0 Å². The molecule has 25 heavy (non-hydrogen) atoms. The Morgan fingerprint density at radius 2 is 2.00 bits per heavy atom. The highest BCUT2D eigenvalue weighted by Crippen LogP contribution is 2.24. The first-order valence-corrected chi connectivity index (χ1v) is 9.58. The van der Waals surface area contributed by atoms with Gasteiger partial charge in [0.1, 0.15) is 5.69 Å². The molecule has 1 N–H and O–H groups in total. The van der Waals surface area contributed by atoms with E-state index in [9.17, 15) is 13.2 Å². The number of carbonyl (C=O) groups excluding carboxylic acids is 1. The lowest BCUT2D eigenvalue weighted by Crippen LogP contribution is -2.39. The third-order valence-electron chi connectivity index (χ3n) is 4.17. The number of nitrogens with one attached hydrogen (secondary N) is 1. The van der Waals surface area contributed by atoms with E-state index in [1.807, 2.05) is 0 Å². The number of nitrogens with zero attached hydrogens (tertiary/aromatic N) is 3. The molecule has 1 aromatic carbocycles. The van der Waals surface area contributed by atoms with Crippen LogP contribution in [0.2, 0.25) is 0 Å². The Bertz CT molecular complexity index is 838. The maximum atomic E-state index is 12.7. The van der Waals surface area contributed by atoms with Gasteiger partial charge in [-0.1, -0.05) is 6.92 Å². The van der Waals surface area contributed by atoms with Crippen LogP contribution >= 0.6 is 0 Å². The summed E-state index contributed by atoms with van der Waals surface area (Å²) in [5.41, 5.74) is 0.697. The standard InChI is InChI=1S/C17H20N4O3S/c1-13-3-2-10-21(12-13)25(23,24)15-6-4-14(5-7-15)20-17(22)16-11-18-8-9-19-16/h4-9,11,13H,2-3,10,12H2,1H3,(H,20,22)/t13-/m1/s1. The third-order valence-corrected chi connectivity index (χ3v) is 6.04. The molecule has 1 saturated heterocycles. The molecule has 3 rings (SSSR count). The van der Waals surface area contributed by atoms with Crippen LogP contribution in [0.5, 0.6) is 0 Å². The molecule has 132 valence electrons. The molecular formula is C17H20N4O3S. The first kappa shape index (κ1) is 17.5. The van der Waals surface area contributed by atoms with Crippen LogP contribution < -0.4 is 5.32 Å². The van der Waals surface area contributed by atoms with Crippen molar-refractivity contribution in [3.8, 4) is 0 Å². The second-order valence-corrected chi connectivity index (χ2v) is 8.12. The Hall–Kier alpha value is -2.32. The molecule has 0 saturated carbocycles. The number of aromatic nitrogens is 2. The molecule has 1 amide bonds. The topological polar surface area (TPSA) is 92.3 Å². The van der Waals surface area contributed by atoms with Crippen molar-refractivity contribution in [2.45, 2.75) is 24.7 Å². The van der Waals surface area contributed by atoms with Gasteiger partial charge in [-0.2, -0.15) is 4.31 Å². The number of rotatable bonds is 4. The van der Waals surface area contributed by atoms with E-state index in [4.69, 9.17) is 0 Å². The molecule has 1 aliphatic rings. The normalized spacial score (nSPS) is 18.7. The van der Waals surface area contributed by atoms with Crippen molar-refractivity contribution in [1.29, 1.82) is 0 Å². The molecule has 0 aliphatic carbocycles. The molecule has 7 nitrogen and oxygen atoms in total. The second kappa shape index (κ2) is 7.28. The van der Waals surface area contributed by atoms with Gasteiger partial charge >= 0.3 is 0 Å². The SMILES string of the molecule is C[C@@H]1CCCN(S(=O)(=O)c2ccc(NC(=O)c3cnccn3)cc2)C1. The quantitative estimate of drug-likeness (QED) is 0.902. The maximum absolute atomic E-state index is 12.7. The summed E-state index contributed by atoms with van der Waals surface area (Å²) in [6.07, 6.45) is 6.22. The Morgan fingerprint density at radius 1 is 1.24 bits per heavy atom. The summed E-state index contributed by atoms with van der Waals surface area (Å²) in [6.45, 7) is 3.16. The molecule has 1 atom stereocenters. The van der Waals surface area contributed by atoms with E-state index in [0.717, 1.165) is 12.8 Å². The fraction of sp³-hybridized carbons (Fsp3) is 0.353. The predicted octanol–water partition coefficient (Wildman–Crippen LogP) is 2.15. The van der Waals surface area contributed by atoms with Gasteiger partial charge in [0.15, 0.2) is 0 Å². The number of benzene rings is 1. The van der Waals surface area contributed by atoms with E-state index in [0.29, 0.717) is 24.7 Å². The van der Waals surface area contributed by atoms with Crippen molar-refractivity contribution in [3.63, 3.8) is 0 Å². The Morgan fingerprint density at radius 3 is 2.64 bits per heavy atom. The van der Waals surface area contributed by atoms with Crippen molar-refractivity contribution in [3.05, 3.63) is 48.5 Å². The summed E-state index contributed by atoms with van der Waals surface area (Å²) in [5, 5.41) is 2.67. The summed E-state index contributed by atoms with van der Waals surface area (Å²) in [7, 11) is -3.49. The number of piperidine rings is 1. The zero-order chi connectivity index (χ0) is 17.9. The minimum atomic E-state index is -3.49. The summed E-state index contributed by atoms with van der Waals surface area (Å²) in [4.78, 5) is 20.0. The highest BCUT2D eigenvalue weighted by Gasteiger charge is 2.28. The highest BCUT2D eigenvalue weighted by molar-refractivity contribution is 7.89. The molecule has 8 heteroatoms. The van der Waals surface area contributed by atoms with Crippen LogP contribution in [0, 0.1) is 5.92 Å². The minimum absolute atomic E-state index is 0.196. The van der Waals surface area contributed by atoms with Gasteiger partial charge in [-0.25, -0.2) is 13.4 Å². The second-order valence-electron chi connectivity index (χ2n) is 6.18. The van der Waals surface area contributed by atoms with Crippen molar-refractivity contribution in [1.82, 2.24) is 14.3 Å². The third kappa shape index (κ3) is 4.02. The van der Waals surface area contributed by atoms with Crippen LogP contribution in [0.15, 0.2) is 47.8 Å². The summed E-state index contributed by atoms with van der Waals surface area (Å²) in [5.74, 6) is -0.0253. The number of amides is 1. The van der Waals surface area contributed by atoms with Crippen molar-refractivity contribution in [2.24, 2.45) is 5.92 Å². The van der Waals surface area contributed by atoms with Crippen LogP contribution in [0.3, 0.4) is 0 Å². The van der Waals surface area contributed by atoms with E-state index in [1.165, 1.54) is 35.0 Å². The Labute approximate surface area is 147 Å². The van der Waals surface area contributed by atoms with Gasteiger partial charge < -0.3 is 5.32 Å². The number of hydrogen-bond acceptors (Lipinski definition) is 5. The van der Waals surface area contributed by atoms with Crippen LogP contribution in [-0.4, -0.2) is 41.7 Å². The number of anilines is 1. The van der Waals surface area contributed by atoms with Gasteiger partial charge in [-0.05, 0) is 43.0 Å². The molecular weight excluding hydrogens is 340 g/mol. The maximum Gasteiger partial charge on any atom is 0.275 e. The van der Waals surface area contributed by atoms with E-state index in [2.05, 4.69) is 22.2 Å². The van der Waals surface area contributed by atoms with E-state index in [-0.39, 0.29) is 10.6 Å². The molecule has 0 unspecified atom stereocenters. The number of carbonyl (C=O) groups is 1. The van der Waals surface area contributed by atoms with Gasteiger partial charge in [-0.3, -0.25) is 9.78 Å². The summed E-state index contributed by atoms with van der Waals surface area (Å²) >= 11 is 0. The van der Waals surface area contributed by atoms with Gasteiger partial charge in [-0.15, -0.1) is 0 Å². The summed E-state index contributed by atoms with van der Waals surface area (Å²) in [6, 6.07) is 6.19. The first-order chi connectivity index (χ1) is 12.0. The van der Waals surface area contributed by atoms with Gasteiger partial charge in [0.05, 0.1) is 11.1 Å². The first-order valence-electron chi connectivity index (χ1n) is 8.14. The molecule has 0 bridgehead atoms. The van der Waals surface area contributed by atoms with Gasteiger partial charge in [0.25, 0.3) is 5.91 Å². The Balaban J connectivity index is 1.72. The van der Waals surface area contributed by atoms with E-state index >= 15 is 0 Å². The molecule has 2 aromatic rings. The predicted molar refractivity (Wildman–Crippen MR) is 93.6 cm³/mol. The van der Waals surface area contributed by atoms with Gasteiger partial charge in [0, 0.05) is 31.2 Å². The van der Waals surface area contributed by atoms with Crippen molar-refractivity contribution < 1.29 is 13.2 Å². The lowest BCUT2D eigenvalue weighted by atomic mass is 10.0. The van der Waals surface area contributed by atoms with Crippen LogP contribution in [-0.2, 0) is 10.0 Å². The lowest BCUT2D eigenvalue weighted by molar-refractivity contribution is 0.102. The molecule has 1 aromatic heterocycles. The van der Waals surface area contributed by atoms with Crippen LogP contribution in [0.4, 0.5) is 5.69 Å². The monoisotopic (exact) mass is 360 g/mol. The number of sulfonamides is 1. The highest BCUT2D eigenvalue weighted by atomic mass is 32.2. The average molecular weight is 360 g/mol. The van der Waals surface area contributed by atoms with Gasteiger partial charge in [0.2, 0.25) is 10.0 Å². The average Bonchev–Trinajstić information content (AvgIpc) is 2.63. The summed E-state index contributed by atoms with van der Waals surface area (Å²) < 4.78 is 27.0. The van der Waals surface area contributed by atoms with E-state index in [1.54, 1.807) is 12.1 Å². The lowest BCUT2D eigenvalue weighted by Gasteiger charge is -2.30. The largest absolute Gasteiger partial charge is 0.321 e. The smallest absolute Gasteiger partial charge is 0.275 e. The number of hydrogen-bond donors (Lipinski definition) is 1. The molecule has 0 radical (unpaired) electrons. The Kier molecular flexibility index (Phi) is 5.10. The van der Waals surface area contributed by atoms with E-state index < -0.39 is 15.9 Å². The van der Waals surface area contributed by atoms with Crippen molar-refractivity contribution in [2.75, 3.05) is 18.4 Å². The fourth-order valence-corrected chi connectivity index (χ4v) is 4.43. The zero-order valence-corrected chi connectivity index (χ0v) is 14.7. The molecule has 1 aliphatic heterocycles. The molecule has 0 spiro atoms. The van der Waals surface area contributed by atoms with Crippen molar-refractivity contribution >= 4 is 21.6 Å². The molecule has 1 fully saturated rings. The molecule has 2 heterocycles. The minimum Gasteiger partial charge on any atom is -0.321 e. The fourth-order valence-electron chi connectivity index (χ4n) is 2.84. The zero-order valence-electron chi connectivity index (χ0n) is 13.9.